The number of benzene rings is 1. The number of fused-ring (bicyclic) bond motifs is 1. The molecule has 1 fully saturated rings. The van der Waals surface area contributed by atoms with Gasteiger partial charge in [0.1, 0.15) is 5.82 Å². The molecule has 100 valence electrons. The van der Waals surface area contributed by atoms with E-state index in [1.54, 1.807) is 0 Å². The summed E-state index contributed by atoms with van der Waals surface area (Å²) in [6.45, 7) is 3.18. The molecule has 1 aromatic carbocycles. The van der Waals surface area contributed by atoms with Crippen LogP contribution in [0, 0.1) is 0 Å². The predicted octanol–water partition coefficient (Wildman–Crippen LogP) is 1.82. The van der Waals surface area contributed by atoms with Gasteiger partial charge in [0.25, 0.3) is 0 Å². The summed E-state index contributed by atoms with van der Waals surface area (Å²) in [5, 5.41) is 13.3. The Morgan fingerprint density at radius 1 is 1.26 bits per heavy atom. The Hall–Kier alpha value is -2.01. The number of hydrogen-bond acceptors (Lipinski definition) is 4. The van der Waals surface area contributed by atoms with Gasteiger partial charge in [-0.2, -0.15) is 0 Å². The van der Waals surface area contributed by atoms with Gasteiger partial charge < -0.3 is 19.4 Å². The maximum Gasteiger partial charge on any atom is 0.118 e. The van der Waals surface area contributed by atoms with Crippen molar-refractivity contribution in [2.75, 3.05) is 31.2 Å². The molecule has 1 N–H and O–H groups in total. The first-order valence-electron chi connectivity index (χ1n) is 6.40. The number of oxime groups is 1. The van der Waals surface area contributed by atoms with E-state index in [1.807, 2.05) is 19.2 Å². The van der Waals surface area contributed by atoms with Crippen molar-refractivity contribution in [2.24, 2.45) is 12.2 Å². The summed E-state index contributed by atoms with van der Waals surface area (Å²) in [5.74, 6) is 1.09. The Bertz CT molecular complexity index is 612. The van der Waals surface area contributed by atoms with E-state index in [0.717, 1.165) is 48.6 Å². The summed E-state index contributed by atoms with van der Waals surface area (Å²) < 4.78 is 7.55. The molecule has 19 heavy (non-hydrogen) atoms. The minimum absolute atomic E-state index is 0.733. The van der Waals surface area contributed by atoms with Crippen LogP contribution in [0.3, 0.4) is 0 Å². The lowest BCUT2D eigenvalue weighted by molar-refractivity contribution is 0.122. The van der Waals surface area contributed by atoms with Crippen molar-refractivity contribution in [3.8, 4) is 0 Å². The molecule has 0 bridgehead atoms. The van der Waals surface area contributed by atoms with Gasteiger partial charge in [0.15, 0.2) is 0 Å². The summed E-state index contributed by atoms with van der Waals surface area (Å²) in [4.78, 5) is 2.28. The van der Waals surface area contributed by atoms with Crippen LogP contribution in [0.2, 0.25) is 0 Å². The number of rotatable bonds is 2. The number of nitrogens with zero attached hydrogens (tertiary/aromatic N) is 3. The molecule has 0 aliphatic carbocycles. The van der Waals surface area contributed by atoms with Crippen molar-refractivity contribution in [1.82, 2.24) is 4.57 Å². The van der Waals surface area contributed by atoms with Crippen molar-refractivity contribution in [3.05, 3.63) is 29.8 Å². The highest BCUT2D eigenvalue weighted by molar-refractivity contribution is 6.05. The Morgan fingerprint density at radius 3 is 2.74 bits per heavy atom. The van der Waals surface area contributed by atoms with Gasteiger partial charge in [-0.1, -0.05) is 23.4 Å². The van der Waals surface area contributed by atoms with Crippen molar-refractivity contribution < 1.29 is 9.94 Å². The minimum atomic E-state index is 0.733. The summed E-state index contributed by atoms with van der Waals surface area (Å²) in [6, 6.07) is 8.15. The summed E-state index contributed by atoms with van der Waals surface area (Å²) in [6.07, 6.45) is 1.52. The maximum absolute atomic E-state index is 8.93. The molecule has 1 aromatic heterocycles. The monoisotopic (exact) mass is 259 g/mol. The van der Waals surface area contributed by atoms with Crippen LogP contribution >= 0.6 is 0 Å². The van der Waals surface area contributed by atoms with Crippen LogP contribution in [-0.2, 0) is 11.8 Å². The fourth-order valence-electron chi connectivity index (χ4n) is 2.75. The van der Waals surface area contributed by atoms with Crippen molar-refractivity contribution in [3.63, 3.8) is 0 Å². The third-order valence-electron chi connectivity index (χ3n) is 3.61. The number of anilines is 1. The summed E-state index contributed by atoms with van der Waals surface area (Å²) in [5.41, 5.74) is 2.10. The molecular formula is C14H17N3O2. The molecule has 5 heteroatoms. The Kier molecular flexibility index (Phi) is 3.13. The first-order chi connectivity index (χ1) is 9.33. The second-order valence-corrected chi connectivity index (χ2v) is 4.66. The van der Waals surface area contributed by atoms with Crippen LogP contribution in [0.1, 0.15) is 5.56 Å². The lowest BCUT2D eigenvalue weighted by Crippen LogP contribution is -2.37. The molecule has 5 nitrogen and oxygen atoms in total. The van der Waals surface area contributed by atoms with Gasteiger partial charge >= 0.3 is 0 Å². The molecule has 2 aromatic rings. The number of para-hydroxylation sites is 1. The molecule has 0 unspecified atom stereocenters. The Labute approximate surface area is 111 Å². The van der Waals surface area contributed by atoms with Gasteiger partial charge in [-0.3, -0.25) is 0 Å². The molecule has 1 aliphatic heterocycles. The first-order valence-corrected chi connectivity index (χ1v) is 6.40. The third kappa shape index (κ3) is 1.96. The Morgan fingerprint density at radius 2 is 2.00 bits per heavy atom. The van der Waals surface area contributed by atoms with E-state index >= 15 is 0 Å². The number of ether oxygens (including phenoxy) is 1. The summed E-state index contributed by atoms with van der Waals surface area (Å²) in [7, 11) is 2.04. The average Bonchev–Trinajstić information content (AvgIpc) is 2.74. The van der Waals surface area contributed by atoms with Crippen molar-refractivity contribution in [1.29, 1.82) is 0 Å². The fourth-order valence-corrected chi connectivity index (χ4v) is 2.75. The second kappa shape index (κ2) is 4.93. The topological polar surface area (TPSA) is 50.0 Å². The number of hydrogen-bond donors (Lipinski definition) is 1. The zero-order chi connectivity index (χ0) is 13.2. The second-order valence-electron chi connectivity index (χ2n) is 4.66. The zero-order valence-electron chi connectivity index (χ0n) is 10.9. The first kappa shape index (κ1) is 12.0. The quantitative estimate of drug-likeness (QED) is 0.508. The van der Waals surface area contributed by atoms with E-state index in [1.165, 1.54) is 6.21 Å². The van der Waals surface area contributed by atoms with Crippen LogP contribution in [0.4, 0.5) is 5.82 Å². The van der Waals surface area contributed by atoms with Gasteiger partial charge in [-0.15, -0.1) is 0 Å². The molecule has 0 spiro atoms. The van der Waals surface area contributed by atoms with Gasteiger partial charge in [-0.25, -0.2) is 0 Å². The standard InChI is InChI=1S/C14H17N3O2/c1-16-13-5-3-2-4-11(13)12(10-15-18)14(16)17-6-8-19-9-7-17/h2-5,10,18H,6-9H2,1H3. The van der Waals surface area contributed by atoms with E-state index in [-0.39, 0.29) is 0 Å². The average molecular weight is 259 g/mol. The van der Waals surface area contributed by atoms with Crippen LogP contribution in [0.5, 0.6) is 0 Å². The van der Waals surface area contributed by atoms with Crippen molar-refractivity contribution >= 4 is 22.9 Å². The molecule has 2 heterocycles. The largest absolute Gasteiger partial charge is 0.411 e. The molecule has 1 saturated heterocycles. The third-order valence-corrected chi connectivity index (χ3v) is 3.61. The molecule has 0 radical (unpaired) electrons. The SMILES string of the molecule is Cn1c(N2CCOCC2)c(C=NO)c2ccccc21. The molecular weight excluding hydrogens is 242 g/mol. The van der Waals surface area contributed by atoms with Crippen LogP contribution in [0.25, 0.3) is 10.9 Å². The zero-order valence-corrected chi connectivity index (χ0v) is 10.9. The molecule has 0 saturated carbocycles. The predicted molar refractivity (Wildman–Crippen MR) is 75.3 cm³/mol. The highest BCUT2D eigenvalue weighted by atomic mass is 16.5. The van der Waals surface area contributed by atoms with E-state index in [0.29, 0.717) is 0 Å². The van der Waals surface area contributed by atoms with Gasteiger partial charge in [0.05, 0.1) is 24.9 Å². The number of aryl methyl sites for hydroxylation is 1. The van der Waals surface area contributed by atoms with E-state index in [4.69, 9.17) is 9.94 Å². The number of morpholine rings is 1. The van der Waals surface area contributed by atoms with Gasteiger partial charge in [0.2, 0.25) is 0 Å². The van der Waals surface area contributed by atoms with Gasteiger partial charge in [0, 0.05) is 31.1 Å². The van der Waals surface area contributed by atoms with Gasteiger partial charge in [-0.05, 0) is 6.07 Å². The number of aromatic nitrogens is 1. The highest BCUT2D eigenvalue weighted by Crippen LogP contribution is 2.31. The lowest BCUT2D eigenvalue weighted by atomic mass is 10.1. The van der Waals surface area contributed by atoms with E-state index < -0.39 is 0 Å². The minimum Gasteiger partial charge on any atom is -0.411 e. The lowest BCUT2D eigenvalue weighted by Gasteiger charge is -2.29. The van der Waals surface area contributed by atoms with Crippen LogP contribution in [-0.4, -0.2) is 42.3 Å². The molecule has 0 atom stereocenters. The molecule has 0 amide bonds. The van der Waals surface area contributed by atoms with E-state index in [9.17, 15) is 0 Å². The fraction of sp³-hybridized carbons (Fsp3) is 0.357. The summed E-state index contributed by atoms with van der Waals surface area (Å²) >= 11 is 0. The maximum atomic E-state index is 8.93. The molecule has 1 aliphatic rings. The normalized spacial score (nSPS) is 16.6. The highest BCUT2D eigenvalue weighted by Gasteiger charge is 2.21. The van der Waals surface area contributed by atoms with Crippen LogP contribution < -0.4 is 4.90 Å². The smallest absolute Gasteiger partial charge is 0.118 e. The van der Waals surface area contributed by atoms with E-state index in [2.05, 4.69) is 26.8 Å². The molecule has 3 rings (SSSR count). The Balaban J connectivity index is 2.20. The van der Waals surface area contributed by atoms with Crippen molar-refractivity contribution in [2.45, 2.75) is 0 Å². The van der Waals surface area contributed by atoms with Crippen LogP contribution in [0.15, 0.2) is 29.4 Å².